The molecular weight excluding hydrogens is 1410 g/mol. The molecule has 0 amide bonds. The van der Waals surface area contributed by atoms with Crippen LogP contribution < -0.4 is 14.2 Å². The normalized spacial score (nSPS) is 13.7. The third-order valence-corrected chi connectivity index (χ3v) is 19.6. The van der Waals surface area contributed by atoms with Crippen LogP contribution in [0.1, 0.15) is 120 Å². The molecule has 564 valence electrons. The van der Waals surface area contributed by atoms with E-state index in [1.54, 1.807) is 91.0 Å². The Morgan fingerprint density at radius 1 is 0.371 bits per heavy atom. The van der Waals surface area contributed by atoms with Crippen molar-refractivity contribution in [2.75, 3.05) is 158 Å². The molecule has 1 saturated heterocycles. The van der Waals surface area contributed by atoms with E-state index in [4.69, 9.17) is 14.2 Å². The monoisotopic (exact) mass is 1500 g/mol. The van der Waals surface area contributed by atoms with Gasteiger partial charge < -0.3 is 56.6 Å². The van der Waals surface area contributed by atoms with E-state index in [1.165, 1.54) is 18.2 Å². The molecule has 0 saturated carbocycles. The number of carboxylic acids is 3. The van der Waals surface area contributed by atoms with Gasteiger partial charge in [0, 0.05) is 148 Å². The van der Waals surface area contributed by atoms with Gasteiger partial charge in [-0.2, -0.15) is 0 Å². The lowest BCUT2D eigenvalue weighted by atomic mass is 10.1. The Labute approximate surface area is 616 Å². The number of carboxylic acid groups (broad SMARTS) is 3. The fourth-order valence-corrected chi connectivity index (χ4v) is 13.1. The first-order valence-electron chi connectivity index (χ1n) is 34.4. The average molecular weight is 1500 g/mol. The molecule has 3 aromatic carbocycles. The van der Waals surface area contributed by atoms with Crippen LogP contribution in [0.15, 0.2) is 109 Å². The highest BCUT2D eigenvalue weighted by atomic mass is 32.2. The number of aromatic carboxylic acids is 3. The minimum Gasteiger partial charge on any atom is -0.748 e. The third-order valence-electron chi connectivity index (χ3n) is 17.3. The third kappa shape index (κ3) is 32.6. The van der Waals surface area contributed by atoms with E-state index in [1.807, 2.05) is 42.3 Å². The molecule has 1 aliphatic heterocycles. The zero-order valence-electron chi connectivity index (χ0n) is 60.2. The highest BCUT2D eigenvalue weighted by Gasteiger charge is 2.23. The fourth-order valence-electron chi connectivity index (χ4n) is 11.6. The van der Waals surface area contributed by atoms with Crippen LogP contribution in [-0.4, -0.2) is 273 Å². The van der Waals surface area contributed by atoms with E-state index in [-0.39, 0.29) is 56.0 Å². The minimum absolute atomic E-state index is 0.195. The summed E-state index contributed by atoms with van der Waals surface area (Å²) < 4.78 is 119. The Hall–Kier alpha value is -8.91. The smallest absolute Gasteiger partial charge is 0.354 e. The van der Waals surface area contributed by atoms with Crippen LogP contribution in [0.3, 0.4) is 0 Å². The van der Waals surface area contributed by atoms with Crippen LogP contribution in [0.25, 0.3) is 0 Å². The maximum atomic E-state index is 12.6. The summed E-state index contributed by atoms with van der Waals surface area (Å²) in [6.45, 7) is 8.13. The summed E-state index contributed by atoms with van der Waals surface area (Å²) >= 11 is 0. The van der Waals surface area contributed by atoms with E-state index in [9.17, 15) is 68.6 Å². The molecule has 0 bridgehead atoms. The highest BCUT2D eigenvalue weighted by molar-refractivity contribution is 7.86. The second-order valence-corrected chi connectivity index (χ2v) is 32.4. The SMILES string of the molecule is C[N+](C)(CCCOc1ccc(C#Cc2cc(CN3CCN(Cc4cc(C#Cc5ccc(OCCC[N+](C)(C)CCCS(=O)(=O)[O-])cc5)cc(C(=O)O)n4)CCN(Cc4cc(C#Cc5ccc(OCCC[N+](C)(C)CCCS(=O)(=O)[O-])cc5)cc(C(=O)O)n4)CC3)nc(C(=O)O)c2)cc1)CCCS(=O)(=O)[O-]. The van der Waals surface area contributed by atoms with Crippen molar-refractivity contribution in [1.29, 1.82) is 0 Å². The molecule has 3 aromatic heterocycles. The summed E-state index contributed by atoms with van der Waals surface area (Å²) in [4.78, 5) is 57.9. The standard InChI is InChI=1S/C75H93N9O18S3/c1-82(2,40-10-46-103(91,92)93)37-7-43-100-67-25-19-58(20-26-67)13-16-61-49-64(76-70(52-61)73(85)86)55-79-31-33-80(56-65-50-62(53-71(77-65)74(87)88)17-14-59-21-27-68(28-22-59)101-44-8-38-83(3,4)41-11-47-104(94,95)96)35-36-81(34-32-79)57-66-51-63(54-72(78-66)75(89)90)18-15-60-23-29-69(30-24-60)102-45-9-39-84(5,6)42-12-48-105(97,98)99/h19-30,49-54H,7-12,31-48,55-57H2,1-6H3,(H3-3,85,86,87,88,89,90,91,92,93,94,95,96,97,98,99). The van der Waals surface area contributed by atoms with Crippen molar-refractivity contribution in [2.45, 2.75) is 58.2 Å². The highest BCUT2D eigenvalue weighted by Crippen LogP contribution is 2.20. The van der Waals surface area contributed by atoms with Crippen LogP contribution in [0.4, 0.5) is 0 Å². The van der Waals surface area contributed by atoms with Crippen molar-refractivity contribution >= 4 is 48.3 Å². The Morgan fingerprint density at radius 2 is 0.590 bits per heavy atom. The van der Waals surface area contributed by atoms with Gasteiger partial charge in [-0.25, -0.2) is 54.6 Å². The van der Waals surface area contributed by atoms with Gasteiger partial charge in [0.2, 0.25) is 0 Å². The molecule has 0 spiro atoms. The predicted molar refractivity (Wildman–Crippen MR) is 390 cm³/mol. The Balaban J connectivity index is 1.08. The molecule has 0 aliphatic carbocycles. The molecule has 0 radical (unpaired) electrons. The van der Waals surface area contributed by atoms with E-state index in [0.717, 1.165) is 0 Å². The molecule has 6 aromatic rings. The number of quaternary nitrogens is 3. The van der Waals surface area contributed by atoms with E-state index < -0.39 is 65.5 Å². The first-order chi connectivity index (χ1) is 49.5. The molecule has 105 heavy (non-hydrogen) atoms. The second kappa shape index (κ2) is 38.9. The van der Waals surface area contributed by atoms with Gasteiger partial charge in [-0.1, -0.05) is 35.5 Å². The van der Waals surface area contributed by atoms with Crippen molar-refractivity contribution in [3.63, 3.8) is 0 Å². The van der Waals surface area contributed by atoms with Gasteiger partial charge >= 0.3 is 17.9 Å². The number of nitrogens with zero attached hydrogens (tertiary/aromatic N) is 9. The first-order valence-corrected chi connectivity index (χ1v) is 39.1. The fraction of sp³-hybridized carbons (Fsp3) is 0.440. The van der Waals surface area contributed by atoms with Crippen LogP contribution in [0.2, 0.25) is 0 Å². The predicted octanol–water partition coefficient (Wildman–Crippen LogP) is 5.33. The molecule has 0 unspecified atom stereocenters. The largest absolute Gasteiger partial charge is 0.748 e. The van der Waals surface area contributed by atoms with Gasteiger partial charge in [0.25, 0.3) is 0 Å². The lowest BCUT2D eigenvalue weighted by Gasteiger charge is -2.30. The topological polar surface area (TPSA) is 360 Å². The van der Waals surface area contributed by atoms with Crippen molar-refractivity contribution in [3.8, 4) is 52.8 Å². The number of hydrogen-bond acceptors (Lipinski definition) is 21. The summed E-state index contributed by atoms with van der Waals surface area (Å²) in [7, 11) is -1.03. The van der Waals surface area contributed by atoms with Gasteiger partial charge in [-0.15, -0.1) is 0 Å². The zero-order chi connectivity index (χ0) is 76.4. The number of aromatic nitrogens is 3. The van der Waals surface area contributed by atoms with Crippen molar-refractivity contribution < 1.29 is 96.3 Å². The van der Waals surface area contributed by atoms with Crippen LogP contribution in [0, 0.1) is 35.5 Å². The summed E-state index contributed by atoms with van der Waals surface area (Å²) in [6, 6.07) is 30.9. The van der Waals surface area contributed by atoms with E-state index in [2.05, 4.69) is 65.2 Å². The summed E-state index contributed by atoms with van der Waals surface area (Å²) in [5, 5.41) is 30.9. The molecule has 7 rings (SSSR count). The number of ether oxygens (including phenoxy) is 3. The lowest BCUT2D eigenvalue weighted by molar-refractivity contribution is -0.890. The Kier molecular flexibility index (Phi) is 30.9. The van der Waals surface area contributed by atoms with Crippen molar-refractivity contribution in [2.24, 2.45) is 0 Å². The van der Waals surface area contributed by atoms with Crippen LogP contribution in [0.5, 0.6) is 17.2 Å². The van der Waals surface area contributed by atoms with E-state index in [0.29, 0.717) is 199 Å². The van der Waals surface area contributed by atoms with Crippen molar-refractivity contribution in [1.82, 2.24) is 29.7 Å². The molecule has 3 N–H and O–H groups in total. The first kappa shape index (κ1) is 83.4. The maximum absolute atomic E-state index is 12.6. The molecule has 1 fully saturated rings. The molecule has 0 atom stereocenters. The van der Waals surface area contributed by atoms with E-state index >= 15 is 0 Å². The molecule has 27 nitrogen and oxygen atoms in total. The molecular formula is C75H93N9O18S3. The number of benzene rings is 3. The van der Waals surface area contributed by atoms with Gasteiger partial charge in [-0.3, -0.25) is 14.7 Å². The van der Waals surface area contributed by atoms with Crippen molar-refractivity contribution in [3.05, 3.63) is 177 Å². The van der Waals surface area contributed by atoms with Gasteiger partial charge in [0.1, 0.15) is 34.3 Å². The summed E-state index contributed by atoms with van der Waals surface area (Å²) in [5.41, 5.74) is 3.86. The molecule has 1 aliphatic rings. The average Bonchev–Trinajstić information content (AvgIpc) is 1.55. The minimum atomic E-state index is -4.27. The Bertz CT molecular complexity index is 4040. The quantitative estimate of drug-likeness (QED) is 0.0194. The number of rotatable bonds is 36. The molecule has 4 heterocycles. The lowest BCUT2D eigenvalue weighted by Crippen LogP contribution is -2.42. The second-order valence-electron chi connectivity index (χ2n) is 27.9. The zero-order valence-corrected chi connectivity index (χ0v) is 62.6. The van der Waals surface area contributed by atoms with Crippen LogP contribution >= 0.6 is 0 Å². The Morgan fingerprint density at radius 3 is 0.810 bits per heavy atom. The van der Waals surface area contributed by atoms with Gasteiger partial charge in [0.05, 0.1) is 149 Å². The number of hydrogen-bond donors (Lipinski definition) is 3. The number of pyridine rings is 3. The number of carbonyl (C=O) groups is 3. The van der Waals surface area contributed by atoms with Gasteiger partial charge in [0.15, 0.2) is 0 Å². The summed E-state index contributed by atoms with van der Waals surface area (Å²) in [5.74, 6) is 15.6. The maximum Gasteiger partial charge on any atom is 0.354 e. The molecule has 30 heteroatoms. The summed E-state index contributed by atoms with van der Waals surface area (Å²) in [6.07, 6.45) is 2.86. The van der Waals surface area contributed by atoms with Gasteiger partial charge in [-0.05, 0) is 109 Å². The van der Waals surface area contributed by atoms with Crippen LogP contribution in [-0.2, 0) is 50.0 Å².